The van der Waals surface area contributed by atoms with Crippen LogP contribution in [0, 0.1) is 24.6 Å². The van der Waals surface area contributed by atoms with Crippen LogP contribution in [0.15, 0.2) is 47.0 Å². The number of hydrogen-bond donors (Lipinski definition) is 4. The van der Waals surface area contributed by atoms with Crippen LogP contribution < -0.4 is 21.3 Å². The third-order valence-corrected chi connectivity index (χ3v) is 6.77. The Morgan fingerprint density at radius 1 is 1.15 bits per heavy atom. The molecular formula is C29H38FN5O5. The van der Waals surface area contributed by atoms with Gasteiger partial charge in [-0.15, -0.1) is 0 Å². The maximum absolute atomic E-state index is 13.6. The lowest BCUT2D eigenvalue weighted by atomic mass is 9.91. The Labute approximate surface area is 233 Å². The van der Waals surface area contributed by atoms with E-state index in [1.165, 1.54) is 18.2 Å². The molecule has 2 aromatic rings. The monoisotopic (exact) mass is 555 g/mol. The van der Waals surface area contributed by atoms with Crippen LogP contribution >= 0.6 is 0 Å². The van der Waals surface area contributed by atoms with Gasteiger partial charge in [0.25, 0.3) is 5.91 Å². The summed E-state index contributed by atoms with van der Waals surface area (Å²) in [5.74, 6) is -2.15. The number of allylic oxidation sites excluding steroid dienone is 1. The smallest absolute Gasteiger partial charge is 0.274 e. The maximum atomic E-state index is 13.6. The molecule has 1 aromatic carbocycles. The second-order valence-electron chi connectivity index (χ2n) is 10.4. The second kappa shape index (κ2) is 14.4. The molecule has 0 aliphatic carbocycles. The van der Waals surface area contributed by atoms with E-state index in [-0.39, 0.29) is 29.9 Å². The quantitative estimate of drug-likeness (QED) is 0.297. The Balaban J connectivity index is 1.78. The highest BCUT2D eigenvalue weighted by Crippen LogP contribution is 2.18. The van der Waals surface area contributed by atoms with E-state index in [0.717, 1.165) is 12.8 Å². The molecule has 0 bridgehead atoms. The van der Waals surface area contributed by atoms with Gasteiger partial charge in [-0.05, 0) is 56.7 Å². The Hall–Kier alpha value is -4.02. The molecule has 1 saturated heterocycles. The van der Waals surface area contributed by atoms with Crippen molar-refractivity contribution >= 4 is 23.6 Å². The van der Waals surface area contributed by atoms with E-state index in [1.807, 2.05) is 13.0 Å². The number of piperidine rings is 1. The number of hydrogen-bond acceptors (Lipinski definition) is 6. The van der Waals surface area contributed by atoms with Crippen LogP contribution in [0.3, 0.4) is 0 Å². The molecule has 11 heteroatoms. The van der Waals surface area contributed by atoms with Crippen LogP contribution in [0.4, 0.5) is 4.39 Å². The molecular weight excluding hydrogens is 517 g/mol. The van der Waals surface area contributed by atoms with Crippen molar-refractivity contribution < 1.29 is 28.1 Å². The van der Waals surface area contributed by atoms with Crippen LogP contribution in [0.1, 0.15) is 61.8 Å². The predicted molar refractivity (Wildman–Crippen MR) is 146 cm³/mol. The zero-order chi connectivity index (χ0) is 29.2. The van der Waals surface area contributed by atoms with Crippen LogP contribution in [0.25, 0.3) is 0 Å². The fourth-order valence-electron chi connectivity index (χ4n) is 4.62. The fraction of sp³-hybridized carbons (Fsp3) is 0.483. The average Bonchev–Trinajstić information content (AvgIpc) is 3.35. The standard InChI is InChI=1S/C29H38FN5O5/c1-5-7-22(16-20-8-6-13-31-26(20)36)32-27(37)23(15-19-9-11-21(30)12-10-19)33-29(39)25(17(2)3)34-28(38)24-14-18(4)40-35-24/h5,7,9-12,14,17,20,22-23,25H,6,8,13,15-16H2,1-4H3,(H,31,36)(H,32,37)(H,33,39)(H,34,38)/b7-5+. The van der Waals surface area contributed by atoms with E-state index in [9.17, 15) is 23.6 Å². The Morgan fingerprint density at radius 3 is 2.48 bits per heavy atom. The molecule has 1 fully saturated rings. The largest absolute Gasteiger partial charge is 0.361 e. The fourth-order valence-corrected chi connectivity index (χ4v) is 4.62. The molecule has 1 aliphatic heterocycles. The minimum atomic E-state index is -1.03. The van der Waals surface area contributed by atoms with Gasteiger partial charge in [0.1, 0.15) is 23.7 Å². The lowest BCUT2D eigenvalue weighted by molar-refractivity contribution is -0.131. The Kier molecular flexibility index (Phi) is 11.0. The highest BCUT2D eigenvalue weighted by Gasteiger charge is 2.31. The van der Waals surface area contributed by atoms with Crippen molar-refractivity contribution in [3.05, 3.63) is 65.3 Å². The van der Waals surface area contributed by atoms with E-state index < -0.39 is 41.7 Å². The van der Waals surface area contributed by atoms with Gasteiger partial charge in [-0.3, -0.25) is 19.2 Å². The summed E-state index contributed by atoms with van der Waals surface area (Å²) in [6.45, 7) is 7.66. The van der Waals surface area contributed by atoms with E-state index in [4.69, 9.17) is 4.52 Å². The summed E-state index contributed by atoms with van der Waals surface area (Å²) in [7, 11) is 0. The van der Waals surface area contributed by atoms with Crippen molar-refractivity contribution in [1.82, 2.24) is 26.4 Å². The van der Waals surface area contributed by atoms with Crippen LogP contribution in [0.5, 0.6) is 0 Å². The first kappa shape index (κ1) is 30.5. The number of carbonyl (C=O) groups is 4. The summed E-state index contributed by atoms with van der Waals surface area (Å²) in [5.41, 5.74) is 0.678. The topological polar surface area (TPSA) is 142 Å². The number of aromatic nitrogens is 1. The van der Waals surface area contributed by atoms with Gasteiger partial charge < -0.3 is 25.8 Å². The van der Waals surface area contributed by atoms with E-state index in [2.05, 4.69) is 26.4 Å². The maximum Gasteiger partial charge on any atom is 0.274 e. The van der Waals surface area contributed by atoms with Crippen molar-refractivity contribution in [2.45, 2.75) is 71.5 Å². The molecule has 0 saturated carbocycles. The molecule has 3 rings (SSSR count). The van der Waals surface area contributed by atoms with Gasteiger partial charge in [0.2, 0.25) is 17.7 Å². The van der Waals surface area contributed by atoms with Gasteiger partial charge in [-0.1, -0.05) is 43.3 Å². The van der Waals surface area contributed by atoms with E-state index in [1.54, 1.807) is 39.0 Å². The number of halogens is 1. The molecule has 40 heavy (non-hydrogen) atoms. The highest BCUT2D eigenvalue weighted by molar-refractivity contribution is 5.97. The number of nitrogens with zero attached hydrogens (tertiary/aromatic N) is 1. The minimum Gasteiger partial charge on any atom is -0.361 e. The van der Waals surface area contributed by atoms with Crippen molar-refractivity contribution in [2.24, 2.45) is 11.8 Å². The third-order valence-electron chi connectivity index (χ3n) is 6.77. The number of benzene rings is 1. The molecule has 1 aromatic heterocycles. The van der Waals surface area contributed by atoms with Gasteiger partial charge in [-0.2, -0.15) is 0 Å². The molecule has 0 spiro atoms. The lowest BCUT2D eigenvalue weighted by Crippen LogP contribution is -2.57. The van der Waals surface area contributed by atoms with Gasteiger partial charge in [0.15, 0.2) is 5.69 Å². The van der Waals surface area contributed by atoms with Gasteiger partial charge in [-0.25, -0.2) is 4.39 Å². The van der Waals surface area contributed by atoms with Gasteiger partial charge in [0.05, 0.1) is 0 Å². The molecule has 4 unspecified atom stereocenters. The summed E-state index contributed by atoms with van der Waals surface area (Å²) in [5, 5.41) is 15.0. The predicted octanol–water partition coefficient (Wildman–Crippen LogP) is 2.58. The number of amides is 4. The van der Waals surface area contributed by atoms with Gasteiger partial charge in [0, 0.05) is 31.0 Å². The summed E-state index contributed by atoms with van der Waals surface area (Å²) >= 11 is 0. The Morgan fingerprint density at radius 2 is 1.88 bits per heavy atom. The highest BCUT2D eigenvalue weighted by atomic mass is 19.1. The number of nitrogens with one attached hydrogen (secondary N) is 4. The van der Waals surface area contributed by atoms with Crippen molar-refractivity contribution in [1.29, 1.82) is 0 Å². The number of aryl methyl sites for hydroxylation is 1. The molecule has 4 amide bonds. The molecule has 216 valence electrons. The molecule has 4 N–H and O–H groups in total. The normalized spacial score (nSPS) is 17.6. The first-order valence-electron chi connectivity index (χ1n) is 13.6. The van der Waals surface area contributed by atoms with E-state index in [0.29, 0.717) is 24.3 Å². The summed E-state index contributed by atoms with van der Waals surface area (Å²) in [6.07, 6.45) is 5.72. The van der Waals surface area contributed by atoms with Crippen LogP contribution in [-0.4, -0.2) is 53.5 Å². The summed E-state index contributed by atoms with van der Waals surface area (Å²) in [6, 6.07) is 4.70. The molecule has 4 atom stereocenters. The van der Waals surface area contributed by atoms with Crippen LogP contribution in [0.2, 0.25) is 0 Å². The summed E-state index contributed by atoms with van der Waals surface area (Å²) in [4.78, 5) is 52.0. The SMILES string of the molecule is C/C=C/C(CC1CCCNC1=O)NC(=O)C(Cc1ccc(F)cc1)NC(=O)C(NC(=O)c1cc(C)on1)C(C)C. The molecule has 1 aliphatic rings. The zero-order valence-electron chi connectivity index (χ0n) is 23.3. The summed E-state index contributed by atoms with van der Waals surface area (Å²) < 4.78 is 18.5. The molecule has 10 nitrogen and oxygen atoms in total. The number of rotatable bonds is 12. The third kappa shape index (κ3) is 8.75. The minimum absolute atomic E-state index is 0.0380. The van der Waals surface area contributed by atoms with Crippen molar-refractivity contribution in [3.63, 3.8) is 0 Å². The molecule has 2 heterocycles. The second-order valence-corrected chi connectivity index (χ2v) is 10.4. The zero-order valence-corrected chi connectivity index (χ0v) is 23.3. The Bertz CT molecular complexity index is 1210. The van der Waals surface area contributed by atoms with Crippen molar-refractivity contribution in [2.75, 3.05) is 6.54 Å². The molecule has 0 radical (unpaired) electrons. The first-order valence-corrected chi connectivity index (χ1v) is 13.6. The van der Waals surface area contributed by atoms with E-state index >= 15 is 0 Å². The average molecular weight is 556 g/mol. The van der Waals surface area contributed by atoms with Crippen LogP contribution in [-0.2, 0) is 20.8 Å². The lowest BCUT2D eigenvalue weighted by Gasteiger charge is -2.28. The first-order chi connectivity index (χ1) is 19.1. The number of carbonyl (C=O) groups excluding carboxylic acids is 4. The van der Waals surface area contributed by atoms with Crippen molar-refractivity contribution in [3.8, 4) is 0 Å². The van der Waals surface area contributed by atoms with Gasteiger partial charge >= 0.3 is 0 Å².